The first-order valence-electron chi connectivity index (χ1n) is 11.7. The van der Waals surface area contributed by atoms with Gasteiger partial charge >= 0.3 is 5.97 Å². The van der Waals surface area contributed by atoms with Crippen molar-refractivity contribution in [2.75, 3.05) is 41.7 Å². The van der Waals surface area contributed by atoms with Crippen LogP contribution in [-0.2, 0) is 11.2 Å². The summed E-state index contributed by atoms with van der Waals surface area (Å²) >= 11 is 0. The Balaban J connectivity index is 1.27. The van der Waals surface area contributed by atoms with E-state index in [1.54, 1.807) is 12.7 Å². The van der Waals surface area contributed by atoms with Gasteiger partial charge in [-0.25, -0.2) is 29.9 Å². The van der Waals surface area contributed by atoms with E-state index in [0.29, 0.717) is 49.1 Å². The molecule has 1 atom stereocenters. The zero-order valence-corrected chi connectivity index (χ0v) is 19.8. The molecule has 0 bridgehead atoms. The third-order valence-electron chi connectivity index (χ3n) is 5.87. The smallest absolute Gasteiger partial charge is 0.320 e. The molecule has 0 aliphatic rings. The van der Waals surface area contributed by atoms with Crippen molar-refractivity contribution in [2.45, 2.75) is 12.5 Å². The zero-order chi connectivity index (χ0) is 25.6. The van der Waals surface area contributed by atoms with Crippen LogP contribution in [0.3, 0.4) is 0 Å². The molecule has 14 nitrogen and oxygen atoms in total. The second-order valence-corrected chi connectivity index (χ2v) is 8.30. The van der Waals surface area contributed by atoms with Gasteiger partial charge in [0.15, 0.2) is 22.9 Å². The number of H-pyrrole nitrogens is 2. The maximum atomic E-state index is 11.1. The topological polar surface area (TPSA) is 200 Å². The Kier molecular flexibility index (Phi) is 6.98. The number of carbonyl (C=O) groups is 1. The number of hydrogen-bond donors (Lipinski definition) is 6. The normalized spacial score (nSPS) is 12.0. The second-order valence-electron chi connectivity index (χ2n) is 8.30. The van der Waals surface area contributed by atoms with Gasteiger partial charge in [-0.1, -0.05) is 12.1 Å². The molecule has 0 aliphatic carbocycles. The number of carboxylic acids is 1. The molecule has 0 amide bonds. The van der Waals surface area contributed by atoms with Crippen LogP contribution in [-0.4, -0.2) is 83.2 Å². The predicted octanol–water partition coefficient (Wildman–Crippen LogP) is 1.00. The fraction of sp³-hybridized carbons (Fsp3) is 0.261. The molecule has 0 aliphatic heterocycles. The molecule has 0 fully saturated rings. The molecule has 1 aromatic carbocycles. The van der Waals surface area contributed by atoms with Crippen molar-refractivity contribution < 1.29 is 9.90 Å². The van der Waals surface area contributed by atoms with E-state index in [9.17, 15) is 4.79 Å². The van der Waals surface area contributed by atoms with Gasteiger partial charge in [-0.3, -0.25) is 4.79 Å². The maximum absolute atomic E-state index is 11.1. The average Bonchev–Trinajstić information content (AvgIpc) is 3.59. The molecule has 4 aromatic heterocycles. The van der Waals surface area contributed by atoms with Gasteiger partial charge in [0.25, 0.3) is 0 Å². The van der Waals surface area contributed by atoms with Gasteiger partial charge in [0.1, 0.15) is 29.7 Å². The van der Waals surface area contributed by atoms with E-state index in [1.807, 2.05) is 24.3 Å². The molecule has 0 spiro atoms. The highest BCUT2D eigenvalue weighted by atomic mass is 16.4. The lowest BCUT2D eigenvalue weighted by molar-refractivity contribution is -0.138. The number of nitrogens with zero attached hydrogens (tertiary/aromatic N) is 7. The molecule has 4 heterocycles. The molecular formula is C23H26N12O2. The monoisotopic (exact) mass is 502 g/mol. The highest BCUT2D eigenvalue weighted by molar-refractivity contribution is 5.82. The van der Waals surface area contributed by atoms with E-state index in [0.717, 1.165) is 22.3 Å². The summed E-state index contributed by atoms with van der Waals surface area (Å²) in [7, 11) is 0. The van der Waals surface area contributed by atoms with Gasteiger partial charge in [-0.2, -0.15) is 0 Å². The zero-order valence-electron chi connectivity index (χ0n) is 19.8. The summed E-state index contributed by atoms with van der Waals surface area (Å²) in [5.74, 6) is 0.345. The van der Waals surface area contributed by atoms with Gasteiger partial charge in [0.05, 0.1) is 12.7 Å². The van der Waals surface area contributed by atoms with Crippen molar-refractivity contribution in [3.63, 3.8) is 0 Å². The molecule has 0 unspecified atom stereocenters. The lowest BCUT2D eigenvalue weighted by atomic mass is 10.1. The van der Waals surface area contributed by atoms with Gasteiger partial charge < -0.3 is 36.3 Å². The van der Waals surface area contributed by atoms with Crippen LogP contribution in [0.4, 0.5) is 17.3 Å². The summed E-state index contributed by atoms with van der Waals surface area (Å²) in [6.07, 6.45) is 6.39. The van der Waals surface area contributed by atoms with Crippen LogP contribution >= 0.6 is 0 Å². The molecule has 37 heavy (non-hydrogen) atoms. The molecule has 5 aromatic rings. The SMILES string of the molecule is N[C@@H](Cc1ccc(N(CCNc2ncnc3nc[nH]c23)CCNc2ncnc3nc[nH]c23)cc1)C(=O)O. The summed E-state index contributed by atoms with van der Waals surface area (Å²) in [6.45, 7) is 2.54. The third kappa shape index (κ3) is 5.54. The number of aliphatic carboxylic acids is 1. The number of aromatic amines is 2. The summed E-state index contributed by atoms with van der Waals surface area (Å²) in [5.41, 5.74) is 10.2. The minimum absolute atomic E-state index is 0.264. The number of nitrogens with one attached hydrogen (secondary N) is 4. The van der Waals surface area contributed by atoms with Gasteiger partial charge in [0, 0.05) is 31.9 Å². The van der Waals surface area contributed by atoms with Crippen LogP contribution in [0.15, 0.2) is 49.6 Å². The number of anilines is 3. The van der Waals surface area contributed by atoms with Crippen LogP contribution in [0.5, 0.6) is 0 Å². The molecular weight excluding hydrogens is 476 g/mol. The van der Waals surface area contributed by atoms with Crippen LogP contribution < -0.4 is 21.3 Å². The largest absolute Gasteiger partial charge is 0.480 e. The number of hydrogen-bond acceptors (Lipinski definition) is 11. The Hall–Kier alpha value is -4.85. The molecule has 0 radical (unpaired) electrons. The third-order valence-corrected chi connectivity index (χ3v) is 5.87. The first-order chi connectivity index (χ1) is 18.1. The molecule has 0 saturated heterocycles. The summed E-state index contributed by atoms with van der Waals surface area (Å²) in [5, 5.41) is 15.8. The lowest BCUT2D eigenvalue weighted by Gasteiger charge is -2.26. The molecule has 0 saturated carbocycles. The Labute approximate surface area is 210 Å². The van der Waals surface area contributed by atoms with Crippen LogP contribution in [0.1, 0.15) is 5.56 Å². The fourth-order valence-corrected chi connectivity index (χ4v) is 3.97. The number of rotatable bonds is 12. The van der Waals surface area contributed by atoms with E-state index in [1.165, 1.54) is 12.7 Å². The van der Waals surface area contributed by atoms with Gasteiger partial charge in [0.2, 0.25) is 0 Å². The lowest BCUT2D eigenvalue weighted by Crippen LogP contribution is -2.34. The minimum Gasteiger partial charge on any atom is -0.480 e. The minimum atomic E-state index is -1.02. The van der Waals surface area contributed by atoms with Crippen molar-refractivity contribution in [3.8, 4) is 0 Å². The summed E-state index contributed by atoms with van der Waals surface area (Å²) in [6, 6.07) is 6.82. The first-order valence-corrected chi connectivity index (χ1v) is 11.7. The summed E-state index contributed by atoms with van der Waals surface area (Å²) in [4.78, 5) is 44.7. The van der Waals surface area contributed by atoms with Crippen LogP contribution in [0.25, 0.3) is 22.3 Å². The number of fused-ring (bicyclic) bond motifs is 2. The molecule has 5 rings (SSSR count). The maximum Gasteiger partial charge on any atom is 0.320 e. The van der Waals surface area contributed by atoms with Crippen molar-refractivity contribution in [3.05, 3.63) is 55.1 Å². The molecule has 190 valence electrons. The fourth-order valence-electron chi connectivity index (χ4n) is 3.97. The number of nitrogens with two attached hydrogens (primary N) is 1. The van der Waals surface area contributed by atoms with Crippen LogP contribution in [0.2, 0.25) is 0 Å². The highest BCUT2D eigenvalue weighted by Crippen LogP contribution is 2.19. The highest BCUT2D eigenvalue weighted by Gasteiger charge is 2.14. The second kappa shape index (κ2) is 10.8. The molecule has 7 N–H and O–H groups in total. The van der Waals surface area contributed by atoms with E-state index >= 15 is 0 Å². The van der Waals surface area contributed by atoms with Crippen LogP contribution in [0, 0.1) is 0 Å². The number of imidazole rings is 2. The average molecular weight is 503 g/mol. The number of carboxylic acid groups (broad SMARTS) is 1. The van der Waals surface area contributed by atoms with Crippen molar-refractivity contribution in [2.24, 2.45) is 5.73 Å². The van der Waals surface area contributed by atoms with Gasteiger partial charge in [-0.05, 0) is 24.1 Å². The first kappa shape index (κ1) is 23.9. The van der Waals surface area contributed by atoms with Gasteiger partial charge in [-0.15, -0.1) is 0 Å². The Morgan fingerprint density at radius 2 is 1.41 bits per heavy atom. The number of aromatic nitrogens is 8. The quantitative estimate of drug-likeness (QED) is 0.142. The van der Waals surface area contributed by atoms with Crippen molar-refractivity contribution in [1.82, 2.24) is 39.9 Å². The molecule has 14 heteroatoms. The summed E-state index contributed by atoms with van der Waals surface area (Å²) < 4.78 is 0. The Morgan fingerprint density at radius 3 is 1.92 bits per heavy atom. The van der Waals surface area contributed by atoms with E-state index in [2.05, 4.69) is 55.4 Å². The Bertz CT molecular complexity index is 1400. The number of benzene rings is 1. The van der Waals surface area contributed by atoms with Crippen molar-refractivity contribution >= 4 is 45.6 Å². The van der Waals surface area contributed by atoms with E-state index in [4.69, 9.17) is 10.8 Å². The van der Waals surface area contributed by atoms with E-state index < -0.39 is 12.0 Å². The predicted molar refractivity (Wildman–Crippen MR) is 138 cm³/mol. The van der Waals surface area contributed by atoms with Crippen molar-refractivity contribution in [1.29, 1.82) is 0 Å². The standard InChI is InChI=1S/C23H26N12O2/c24-16(23(36)37)9-14-1-3-15(4-2-14)35(7-5-25-19-17-21(29-10-27-17)33-12-31-19)8-6-26-20-18-22(30-11-28-18)34-13-32-20/h1-4,10-13,16H,5-9,24H2,(H,36,37)(H2,25,27,29,31,33)(H2,26,28,30,32,34)/t16-/m0/s1. The van der Waals surface area contributed by atoms with E-state index in [-0.39, 0.29) is 6.42 Å². The Morgan fingerprint density at radius 1 is 0.865 bits per heavy atom.